The van der Waals surface area contributed by atoms with Gasteiger partial charge >= 0.3 is 0 Å². The minimum absolute atomic E-state index is 0.0550. The molecule has 4 aliphatic rings. The van der Waals surface area contributed by atoms with Crippen LogP contribution < -0.4 is 0 Å². The quantitative estimate of drug-likeness (QED) is 0.611. The van der Waals surface area contributed by atoms with Crippen molar-refractivity contribution >= 4 is 11.7 Å². The Labute approximate surface area is 107 Å². The van der Waals surface area contributed by atoms with Gasteiger partial charge in [0.25, 0.3) is 0 Å². The van der Waals surface area contributed by atoms with Crippen LogP contribution in [0.2, 0.25) is 0 Å². The zero-order chi connectivity index (χ0) is 12.5. The molecular formula is C15H19NO2. The van der Waals surface area contributed by atoms with Crippen LogP contribution in [0.15, 0.2) is 12.2 Å². The van der Waals surface area contributed by atoms with Gasteiger partial charge in [0, 0.05) is 22.9 Å². The predicted octanol–water partition coefficient (Wildman–Crippen LogP) is 1.92. The molecular weight excluding hydrogens is 226 g/mol. The summed E-state index contributed by atoms with van der Waals surface area (Å²) in [6.07, 6.45) is 6.59. The summed E-state index contributed by atoms with van der Waals surface area (Å²) in [5, 5.41) is 0. The molecule has 2 heterocycles. The van der Waals surface area contributed by atoms with Crippen molar-refractivity contribution in [3.8, 4) is 0 Å². The first-order chi connectivity index (χ1) is 8.65. The smallest absolute Gasteiger partial charge is 0.250 e. The van der Waals surface area contributed by atoms with Gasteiger partial charge in [0.15, 0.2) is 5.78 Å². The van der Waals surface area contributed by atoms with Crippen LogP contribution in [0.1, 0.15) is 38.5 Å². The zero-order valence-corrected chi connectivity index (χ0v) is 10.7. The number of piperidine rings is 1. The van der Waals surface area contributed by atoms with E-state index in [4.69, 9.17) is 0 Å². The van der Waals surface area contributed by atoms with Gasteiger partial charge < -0.3 is 4.90 Å². The van der Waals surface area contributed by atoms with Gasteiger partial charge in [-0.2, -0.15) is 0 Å². The molecule has 96 valence electrons. The second-order valence-corrected chi connectivity index (χ2v) is 6.53. The highest BCUT2D eigenvalue weighted by Crippen LogP contribution is 2.59. The number of nitrogens with zero attached hydrogens (tertiary/aromatic N) is 1. The molecule has 4 atom stereocenters. The molecule has 0 unspecified atom stereocenters. The van der Waals surface area contributed by atoms with Crippen LogP contribution in [0, 0.1) is 17.3 Å². The zero-order valence-electron chi connectivity index (χ0n) is 10.7. The Balaban J connectivity index is 1.85. The van der Waals surface area contributed by atoms with Gasteiger partial charge in [-0.3, -0.25) is 9.59 Å². The van der Waals surface area contributed by atoms with E-state index in [9.17, 15) is 9.59 Å². The van der Waals surface area contributed by atoms with E-state index < -0.39 is 0 Å². The summed E-state index contributed by atoms with van der Waals surface area (Å²) in [5.74, 6) is 1.15. The minimum Gasteiger partial charge on any atom is -0.328 e. The van der Waals surface area contributed by atoms with Gasteiger partial charge in [0.1, 0.15) is 0 Å². The molecule has 2 saturated heterocycles. The Morgan fingerprint density at radius 1 is 1.17 bits per heavy atom. The van der Waals surface area contributed by atoms with E-state index in [0.29, 0.717) is 30.2 Å². The van der Waals surface area contributed by atoms with Crippen LogP contribution in [0.3, 0.4) is 0 Å². The lowest BCUT2D eigenvalue weighted by Crippen LogP contribution is -2.62. The van der Waals surface area contributed by atoms with E-state index >= 15 is 0 Å². The summed E-state index contributed by atoms with van der Waals surface area (Å²) in [5.41, 5.74) is 0.703. The van der Waals surface area contributed by atoms with Crippen molar-refractivity contribution in [2.75, 3.05) is 6.54 Å². The molecule has 0 aromatic carbocycles. The number of hydrogen-bond acceptors (Lipinski definition) is 2. The van der Waals surface area contributed by atoms with Crippen LogP contribution in [0.25, 0.3) is 0 Å². The van der Waals surface area contributed by atoms with E-state index in [1.807, 2.05) is 4.90 Å². The van der Waals surface area contributed by atoms with Crippen LogP contribution in [-0.4, -0.2) is 29.2 Å². The largest absolute Gasteiger partial charge is 0.328 e. The first kappa shape index (κ1) is 10.8. The number of rotatable bonds is 0. The second-order valence-electron chi connectivity index (χ2n) is 6.53. The van der Waals surface area contributed by atoms with Gasteiger partial charge in [-0.25, -0.2) is 0 Å². The lowest BCUT2D eigenvalue weighted by Gasteiger charge is -2.56. The summed E-state index contributed by atoms with van der Waals surface area (Å²) in [6, 6.07) is 0.303. The van der Waals surface area contributed by atoms with Crippen molar-refractivity contribution in [1.29, 1.82) is 0 Å². The molecule has 2 aliphatic carbocycles. The summed E-state index contributed by atoms with van der Waals surface area (Å²) in [6.45, 7) is 4.35. The van der Waals surface area contributed by atoms with E-state index in [1.54, 1.807) is 0 Å². The number of hydrogen-bond donors (Lipinski definition) is 0. The fraction of sp³-hybridized carbons (Fsp3) is 0.733. The molecule has 18 heavy (non-hydrogen) atoms. The third-order valence-corrected chi connectivity index (χ3v) is 6.04. The average Bonchev–Trinajstić information content (AvgIpc) is 2.65. The lowest BCUT2D eigenvalue weighted by atomic mass is 9.52. The van der Waals surface area contributed by atoms with E-state index in [0.717, 1.165) is 31.3 Å². The maximum Gasteiger partial charge on any atom is 0.250 e. The molecule has 2 aliphatic heterocycles. The van der Waals surface area contributed by atoms with Crippen LogP contribution >= 0.6 is 0 Å². The van der Waals surface area contributed by atoms with Crippen LogP contribution in [-0.2, 0) is 9.59 Å². The number of amides is 1. The Morgan fingerprint density at radius 3 is 2.83 bits per heavy atom. The monoisotopic (exact) mass is 245 g/mol. The highest BCUT2D eigenvalue weighted by molar-refractivity contribution is 6.01. The summed E-state index contributed by atoms with van der Waals surface area (Å²) >= 11 is 0. The Hall–Kier alpha value is -1.12. The number of ketones is 1. The molecule has 0 aromatic heterocycles. The highest BCUT2D eigenvalue weighted by atomic mass is 16.2. The molecule has 4 fully saturated rings. The standard InChI is InChI=1S/C15H19NO2/c1-9-10-5-7-15-6-3-2-4-11(15)13(10)16(14(9)18)8-12(15)17/h10-11,13H,1-8H2/t10-,11-,13+,15-/m1/s1. The molecule has 0 radical (unpaired) electrons. The first-order valence-electron chi connectivity index (χ1n) is 7.18. The molecule has 2 saturated carbocycles. The summed E-state index contributed by atoms with van der Waals surface area (Å²) < 4.78 is 0. The maximum atomic E-state index is 12.6. The van der Waals surface area contributed by atoms with Crippen LogP contribution in [0.5, 0.6) is 0 Å². The SMILES string of the molecule is C=C1C(=O)N2CC(=O)[C@@]34CCCC[C@@H]3[C@@H]2[C@@H]1CC4. The van der Waals surface area contributed by atoms with Gasteiger partial charge in [-0.05, 0) is 31.6 Å². The molecule has 2 bridgehead atoms. The summed E-state index contributed by atoms with van der Waals surface area (Å²) in [4.78, 5) is 26.6. The molecule has 3 heteroatoms. The van der Waals surface area contributed by atoms with Gasteiger partial charge in [0.05, 0.1) is 6.54 Å². The Morgan fingerprint density at radius 2 is 2.00 bits per heavy atom. The fourth-order valence-electron chi connectivity index (χ4n) is 5.21. The van der Waals surface area contributed by atoms with Crippen LogP contribution in [0.4, 0.5) is 0 Å². The van der Waals surface area contributed by atoms with Crippen molar-refractivity contribution < 1.29 is 9.59 Å². The number of Topliss-reactive ketones (excluding diaryl/α,β-unsaturated/α-hetero) is 1. The van der Waals surface area contributed by atoms with Crippen molar-refractivity contribution in [2.45, 2.75) is 44.6 Å². The van der Waals surface area contributed by atoms with E-state index in [1.165, 1.54) is 12.8 Å². The van der Waals surface area contributed by atoms with Crippen molar-refractivity contribution in [3.63, 3.8) is 0 Å². The van der Waals surface area contributed by atoms with Gasteiger partial charge in [-0.15, -0.1) is 0 Å². The highest BCUT2D eigenvalue weighted by Gasteiger charge is 2.63. The molecule has 0 N–H and O–H groups in total. The average molecular weight is 245 g/mol. The van der Waals surface area contributed by atoms with E-state index in [2.05, 4.69) is 6.58 Å². The maximum absolute atomic E-state index is 12.6. The first-order valence-corrected chi connectivity index (χ1v) is 7.18. The van der Waals surface area contributed by atoms with Gasteiger partial charge in [0.2, 0.25) is 5.91 Å². The van der Waals surface area contributed by atoms with E-state index in [-0.39, 0.29) is 11.3 Å². The predicted molar refractivity (Wildman–Crippen MR) is 66.8 cm³/mol. The minimum atomic E-state index is -0.0686. The molecule has 4 rings (SSSR count). The second kappa shape index (κ2) is 3.25. The Bertz CT molecular complexity index is 469. The van der Waals surface area contributed by atoms with Crippen molar-refractivity contribution in [3.05, 3.63) is 12.2 Å². The summed E-state index contributed by atoms with van der Waals surface area (Å²) in [7, 11) is 0. The van der Waals surface area contributed by atoms with Crippen molar-refractivity contribution in [1.82, 2.24) is 4.90 Å². The third kappa shape index (κ3) is 1.03. The van der Waals surface area contributed by atoms with Crippen molar-refractivity contribution in [2.24, 2.45) is 17.3 Å². The fourth-order valence-corrected chi connectivity index (χ4v) is 5.21. The van der Waals surface area contributed by atoms with Gasteiger partial charge in [-0.1, -0.05) is 19.4 Å². The third-order valence-electron chi connectivity index (χ3n) is 6.04. The molecule has 0 aromatic rings. The lowest BCUT2D eigenvalue weighted by molar-refractivity contribution is -0.158. The molecule has 0 spiro atoms. The topological polar surface area (TPSA) is 37.4 Å². The Kier molecular flexibility index (Phi) is 1.95. The normalized spacial score (nSPS) is 46.3. The number of carbonyl (C=O) groups excluding carboxylic acids is 2. The molecule has 3 nitrogen and oxygen atoms in total. The molecule has 1 amide bonds. The number of carbonyl (C=O) groups is 2.